The van der Waals surface area contributed by atoms with Gasteiger partial charge in [0.1, 0.15) is 5.82 Å². The second-order valence-corrected chi connectivity index (χ2v) is 5.35. The monoisotopic (exact) mass is 292 g/mol. The third kappa shape index (κ3) is 3.40. The van der Waals surface area contributed by atoms with Crippen LogP contribution in [0, 0.1) is 5.82 Å². The van der Waals surface area contributed by atoms with Gasteiger partial charge in [-0.25, -0.2) is 4.39 Å². The molecule has 0 radical (unpaired) electrons. The van der Waals surface area contributed by atoms with Crippen LogP contribution in [-0.4, -0.2) is 30.3 Å². The van der Waals surface area contributed by atoms with Gasteiger partial charge in [-0.3, -0.25) is 9.59 Å². The Morgan fingerprint density at radius 1 is 1.38 bits per heavy atom. The quantitative estimate of drug-likeness (QED) is 0.925. The van der Waals surface area contributed by atoms with Gasteiger partial charge in [0.2, 0.25) is 11.8 Å². The highest BCUT2D eigenvalue weighted by Crippen LogP contribution is 2.31. The Labute approximate surface area is 124 Å². The van der Waals surface area contributed by atoms with Crippen LogP contribution in [0.5, 0.6) is 0 Å². The maximum absolute atomic E-state index is 14.0. The summed E-state index contributed by atoms with van der Waals surface area (Å²) >= 11 is 0. The fraction of sp³-hybridized carbons (Fsp3) is 0.500. The van der Waals surface area contributed by atoms with Gasteiger partial charge in [0.25, 0.3) is 0 Å². The molecule has 1 heterocycles. The molecule has 0 fully saturated rings. The molecule has 2 amide bonds. The number of nitrogens with one attached hydrogen (secondary N) is 1. The fourth-order valence-electron chi connectivity index (χ4n) is 2.87. The highest BCUT2D eigenvalue weighted by Gasteiger charge is 2.29. The van der Waals surface area contributed by atoms with Crippen molar-refractivity contribution in [2.75, 3.05) is 13.6 Å². The van der Waals surface area contributed by atoms with E-state index in [-0.39, 0.29) is 23.7 Å². The third-order valence-corrected chi connectivity index (χ3v) is 4.04. The SMILES string of the molecule is CNC(=O)CCCC(=O)N1CCc2cccc(F)c2C1C. The summed E-state index contributed by atoms with van der Waals surface area (Å²) in [5, 5.41) is 2.53. The zero-order chi connectivity index (χ0) is 15.4. The molecular formula is C16H21FN2O2. The molecule has 0 aliphatic carbocycles. The molecule has 0 saturated carbocycles. The maximum atomic E-state index is 14.0. The smallest absolute Gasteiger partial charge is 0.223 e. The summed E-state index contributed by atoms with van der Waals surface area (Å²) in [5.74, 6) is -0.325. The van der Waals surface area contributed by atoms with Gasteiger partial charge in [0, 0.05) is 32.0 Å². The molecule has 1 atom stereocenters. The summed E-state index contributed by atoms with van der Waals surface area (Å²) in [5.41, 5.74) is 1.61. The van der Waals surface area contributed by atoms with Crippen molar-refractivity contribution in [3.8, 4) is 0 Å². The van der Waals surface area contributed by atoms with E-state index < -0.39 is 0 Å². The Hall–Kier alpha value is -1.91. The van der Waals surface area contributed by atoms with Crippen molar-refractivity contribution in [1.82, 2.24) is 10.2 Å². The van der Waals surface area contributed by atoms with Gasteiger partial charge >= 0.3 is 0 Å². The van der Waals surface area contributed by atoms with E-state index in [1.807, 2.05) is 13.0 Å². The molecule has 2 rings (SSSR count). The van der Waals surface area contributed by atoms with E-state index >= 15 is 0 Å². The molecule has 21 heavy (non-hydrogen) atoms. The van der Waals surface area contributed by atoms with Gasteiger partial charge in [-0.05, 0) is 31.4 Å². The van der Waals surface area contributed by atoms with Crippen molar-refractivity contribution >= 4 is 11.8 Å². The van der Waals surface area contributed by atoms with Crippen molar-refractivity contribution in [1.29, 1.82) is 0 Å². The molecule has 4 nitrogen and oxygen atoms in total. The van der Waals surface area contributed by atoms with E-state index in [2.05, 4.69) is 5.32 Å². The Morgan fingerprint density at radius 3 is 2.86 bits per heavy atom. The summed E-state index contributed by atoms with van der Waals surface area (Å²) < 4.78 is 14.0. The molecule has 1 N–H and O–H groups in total. The number of amides is 2. The lowest BCUT2D eigenvalue weighted by Crippen LogP contribution is -2.39. The Morgan fingerprint density at radius 2 is 2.14 bits per heavy atom. The largest absolute Gasteiger partial charge is 0.359 e. The number of benzene rings is 1. The minimum atomic E-state index is -0.248. The molecule has 1 aliphatic heterocycles. The van der Waals surface area contributed by atoms with Gasteiger partial charge in [-0.15, -0.1) is 0 Å². The first-order valence-corrected chi connectivity index (χ1v) is 7.32. The summed E-state index contributed by atoms with van der Waals surface area (Å²) in [6.45, 7) is 2.47. The minimum Gasteiger partial charge on any atom is -0.359 e. The predicted molar refractivity (Wildman–Crippen MR) is 78.1 cm³/mol. The topological polar surface area (TPSA) is 49.4 Å². The molecule has 1 aliphatic rings. The number of nitrogens with zero attached hydrogens (tertiary/aromatic N) is 1. The molecule has 1 unspecified atom stereocenters. The first kappa shape index (κ1) is 15.5. The number of rotatable bonds is 4. The number of hydrogen-bond acceptors (Lipinski definition) is 2. The van der Waals surface area contributed by atoms with Crippen LogP contribution in [0.25, 0.3) is 0 Å². The van der Waals surface area contributed by atoms with E-state index in [4.69, 9.17) is 0 Å². The van der Waals surface area contributed by atoms with Gasteiger partial charge in [-0.1, -0.05) is 12.1 Å². The molecule has 0 bridgehead atoms. The summed E-state index contributed by atoms with van der Waals surface area (Å²) in [7, 11) is 1.58. The van der Waals surface area contributed by atoms with Crippen molar-refractivity contribution in [2.24, 2.45) is 0 Å². The average Bonchev–Trinajstić information content (AvgIpc) is 2.47. The van der Waals surface area contributed by atoms with Crippen LogP contribution < -0.4 is 5.32 Å². The molecule has 114 valence electrons. The van der Waals surface area contributed by atoms with Crippen LogP contribution in [0.15, 0.2) is 18.2 Å². The summed E-state index contributed by atoms with van der Waals surface area (Å²) in [6.07, 6.45) is 1.86. The first-order valence-electron chi connectivity index (χ1n) is 7.32. The number of carbonyl (C=O) groups is 2. The minimum absolute atomic E-state index is 0.0136. The van der Waals surface area contributed by atoms with E-state index in [1.54, 1.807) is 18.0 Å². The Balaban J connectivity index is 2.01. The lowest BCUT2D eigenvalue weighted by molar-refractivity contribution is -0.134. The third-order valence-electron chi connectivity index (χ3n) is 4.04. The molecule has 0 saturated heterocycles. The lowest BCUT2D eigenvalue weighted by Gasteiger charge is -2.35. The maximum Gasteiger partial charge on any atom is 0.223 e. The van der Waals surface area contributed by atoms with Gasteiger partial charge in [0.15, 0.2) is 0 Å². The van der Waals surface area contributed by atoms with Crippen LogP contribution in [-0.2, 0) is 16.0 Å². The van der Waals surface area contributed by atoms with E-state index in [9.17, 15) is 14.0 Å². The number of fused-ring (bicyclic) bond motifs is 1. The number of hydrogen-bond donors (Lipinski definition) is 1. The van der Waals surface area contributed by atoms with Crippen LogP contribution in [0.1, 0.15) is 43.4 Å². The Bertz CT molecular complexity index is 545. The molecule has 1 aromatic carbocycles. The summed E-state index contributed by atoms with van der Waals surface area (Å²) in [6, 6.07) is 4.82. The van der Waals surface area contributed by atoms with Crippen LogP contribution in [0.2, 0.25) is 0 Å². The van der Waals surface area contributed by atoms with Gasteiger partial charge in [-0.2, -0.15) is 0 Å². The van der Waals surface area contributed by atoms with Gasteiger partial charge < -0.3 is 10.2 Å². The molecule has 0 spiro atoms. The standard InChI is InChI=1S/C16H21FN2O2/c1-11-16-12(5-3-6-13(16)17)9-10-19(11)15(21)8-4-7-14(20)18-2/h3,5-6,11H,4,7-10H2,1-2H3,(H,18,20). The molecular weight excluding hydrogens is 271 g/mol. The Kier molecular flexibility index (Phi) is 4.94. The van der Waals surface area contributed by atoms with Gasteiger partial charge in [0.05, 0.1) is 6.04 Å². The number of carbonyl (C=O) groups excluding carboxylic acids is 2. The normalized spacial score (nSPS) is 17.3. The highest BCUT2D eigenvalue weighted by atomic mass is 19.1. The van der Waals surface area contributed by atoms with Crippen LogP contribution in [0.4, 0.5) is 4.39 Å². The van der Waals surface area contributed by atoms with Crippen LogP contribution in [0.3, 0.4) is 0 Å². The number of halogens is 1. The van der Waals surface area contributed by atoms with Crippen molar-refractivity contribution in [3.05, 3.63) is 35.1 Å². The van der Waals surface area contributed by atoms with E-state index in [1.165, 1.54) is 6.07 Å². The van der Waals surface area contributed by atoms with E-state index in [0.717, 1.165) is 5.56 Å². The average molecular weight is 292 g/mol. The second kappa shape index (κ2) is 6.70. The first-order chi connectivity index (χ1) is 10.0. The highest BCUT2D eigenvalue weighted by molar-refractivity contribution is 5.79. The molecule has 0 aromatic heterocycles. The fourth-order valence-corrected chi connectivity index (χ4v) is 2.87. The molecule has 5 heteroatoms. The van der Waals surface area contributed by atoms with Crippen molar-refractivity contribution in [2.45, 2.75) is 38.6 Å². The zero-order valence-corrected chi connectivity index (χ0v) is 12.5. The van der Waals surface area contributed by atoms with Crippen molar-refractivity contribution < 1.29 is 14.0 Å². The van der Waals surface area contributed by atoms with Crippen LogP contribution >= 0.6 is 0 Å². The lowest BCUT2D eigenvalue weighted by atomic mass is 9.92. The predicted octanol–water partition coefficient (Wildman–Crippen LogP) is 2.19. The molecule has 1 aromatic rings. The summed E-state index contributed by atoms with van der Waals surface area (Å²) in [4.78, 5) is 25.1. The second-order valence-electron chi connectivity index (χ2n) is 5.35. The van der Waals surface area contributed by atoms with E-state index in [0.29, 0.717) is 37.8 Å². The van der Waals surface area contributed by atoms with Crippen molar-refractivity contribution in [3.63, 3.8) is 0 Å². The zero-order valence-electron chi connectivity index (χ0n) is 12.5.